The number of thiol groups is 1. The molecular weight excluding hydrogens is 528 g/mol. The molecular formula is C25H38N6O5S2. The Morgan fingerprint density at radius 3 is 2.26 bits per heavy atom. The van der Waals surface area contributed by atoms with E-state index >= 15 is 0 Å². The van der Waals surface area contributed by atoms with Crippen LogP contribution in [0.3, 0.4) is 0 Å². The van der Waals surface area contributed by atoms with E-state index in [2.05, 4.69) is 33.6 Å². The van der Waals surface area contributed by atoms with E-state index in [1.807, 2.05) is 36.7 Å². The molecule has 1 heterocycles. The SMILES string of the molecule is CSCCC(NC(=O)C(CCCCN)NC(=O)C(N)Cc1c[nH]c2ccccc12)C(=O)NC(CS)C(=O)O. The average Bonchev–Trinajstić information content (AvgIpc) is 3.31. The molecule has 38 heavy (non-hydrogen) atoms. The summed E-state index contributed by atoms with van der Waals surface area (Å²) in [6.45, 7) is 0.432. The van der Waals surface area contributed by atoms with Crippen molar-refractivity contribution in [3.8, 4) is 0 Å². The van der Waals surface area contributed by atoms with Crippen LogP contribution in [0.5, 0.6) is 0 Å². The summed E-state index contributed by atoms with van der Waals surface area (Å²) < 4.78 is 0. The van der Waals surface area contributed by atoms with Gasteiger partial charge >= 0.3 is 5.97 Å². The third-order valence-electron chi connectivity index (χ3n) is 6.07. The van der Waals surface area contributed by atoms with Crippen LogP contribution in [0.1, 0.15) is 31.2 Å². The molecule has 0 saturated heterocycles. The number of carbonyl (C=O) groups excluding carboxylic acids is 3. The van der Waals surface area contributed by atoms with Gasteiger partial charge < -0.3 is 37.5 Å². The quantitative estimate of drug-likeness (QED) is 0.0995. The molecule has 4 unspecified atom stereocenters. The minimum absolute atomic E-state index is 0.101. The first kappa shape index (κ1) is 31.5. The van der Waals surface area contributed by atoms with Gasteiger partial charge in [0.2, 0.25) is 17.7 Å². The van der Waals surface area contributed by atoms with Crippen molar-refractivity contribution in [3.63, 3.8) is 0 Å². The fraction of sp³-hybridized carbons (Fsp3) is 0.520. The molecule has 2 aromatic rings. The molecule has 1 aromatic heterocycles. The number of fused-ring (bicyclic) bond motifs is 1. The molecule has 0 fully saturated rings. The largest absolute Gasteiger partial charge is 0.480 e. The van der Waals surface area contributed by atoms with E-state index in [1.54, 1.807) is 0 Å². The monoisotopic (exact) mass is 566 g/mol. The van der Waals surface area contributed by atoms with Gasteiger partial charge in [0.15, 0.2) is 0 Å². The normalized spacial score (nSPS) is 14.3. The van der Waals surface area contributed by atoms with Gasteiger partial charge in [-0.25, -0.2) is 4.79 Å². The number of carboxylic acid groups (broad SMARTS) is 1. The predicted octanol–water partition coefficient (Wildman–Crippen LogP) is 0.389. The highest BCUT2D eigenvalue weighted by Gasteiger charge is 2.30. The van der Waals surface area contributed by atoms with Crippen molar-refractivity contribution in [1.82, 2.24) is 20.9 Å². The smallest absolute Gasteiger partial charge is 0.327 e. The van der Waals surface area contributed by atoms with Crippen molar-refractivity contribution in [3.05, 3.63) is 36.0 Å². The van der Waals surface area contributed by atoms with Crippen molar-refractivity contribution >= 4 is 59.0 Å². The number of unbranched alkanes of at least 4 members (excludes halogenated alkanes) is 1. The first-order valence-corrected chi connectivity index (χ1v) is 14.5. The molecule has 0 aliphatic heterocycles. The highest BCUT2D eigenvalue weighted by atomic mass is 32.2. The number of aromatic amines is 1. The lowest BCUT2D eigenvalue weighted by Crippen LogP contribution is -2.57. The molecule has 2 rings (SSSR count). The lowest BCUT2D eigenvalue weighted by atomic mass is 10.0. The number of hydrogen-bond donors (Lipinski definition) is 8. The van der Waals surface area contributed by atoms with Crippen LogP contribution in [0.15, 0.2) is 30.5 Å². The highest BCUT2D eigenvalue weighted by Crippen LogP contribution is 2.19. The van der Waals surface area contributed by atoms with Crippen LogP contribution < -0.4 is 27.4 Å². The number of thioether (sulfide) groups is 1. The number of benzene rings is 1. The summed E-state index contributed by atoms with van der Waals surface area (Å²) >= 11 is 5.45. The number of nitrogens with two attached hydrogens (primary N) is 2. The molecule has 0 aliphatic rings. The number of H-pyrrole nitrogens is 1. The highest BCUT2D eigenvalue weighted by molar-refractivity contribution is 7.98. The number of para-hydroxylation sites is 1. The Morgan fingerprint density at radius 1 is 1.00 bits per heavy atom. The van der Waals surface area contributed by atoms with Crippen molar-refractivity contribution in [2.75, 3.05) is 24.3 Å². The lowest BCUT2D eigenvalue weighted by molar-refractivity contribution is -0.141. The van der Waals surface area contributed by atoms with Crippen LogP contribution >= 0.6 is 24.4 Å². The number of carboxylic acids is 1. The van der Waals surface area contributed by atoms with Crippen molar-refractivity contribution in [2.24, 2.45) is 11.5 Å². The number of aliphatic carboxylic acids is 1. The van der Waals surface area contributed by atoms with Gasteiger partial charge in [0, 0.05) is 22.9 Å². The summed E-state index contributed by atoms with van der Waals surface area (Å²) in [4.78, 5) is 53.5. The maximum absolute atomic E-state index is 13.2. The van der Waals surface area contributed by atoms with Gasteiger partial charge in [0.1, 0.15) is 18.1 Å². The second-order valence-electron chi connectivity index (χ2n) is 8.94. The molecule has 0 radical (unpaired) electrons. The summed E-state index contributed by atoms with van der Waals surface area (Å²) in [5.74, 6) is -2.44. The van der Waals surface area contributed by atoms with Gasteiger partial charge in [0.05, 0.1) is 6.04 Å². The Morgan fingerprint density at radius 2 is 1.63 bits per heavy atom. The fourth-order valence-corrected chi connectivity index (χ4v) is 4.62. The fourth-order valence-electron chi connectivity index (χ4n) is 3.91. The zero-order valence-electron chi connectivity index (χ0n) is 21.4. The number of nitrogens with one attached hydrogen (secondary N) is 4. The van der Waals surface area contributed by atoms with E-state index < -0.39 is 47.9 Å². The van der Waals surface area contributed by atoms with Gasteiger partial charge in [-0.1, -0.05) is 18.2 Å². The van der Waals surface area contributed by atoms with Crippen LogP contribution in [-0.2, 0) is 25.6 Å². The number of carbonyl (C=O) groups is 4. The molecule has 210 valence electrons. The number of hydrogen-bond acceptors (Lipinski definition) is 8. The van der Waals surface area contributed by atoms with Crippen LogP contribution in [0.2, 0.25) is 0 Å². The second-order valence-corrected chi connectivity index (χ2v) is 10.3. The van der Waals surface area contributed by atoms with Crippen molar-refractivity contribution < 1.29 is 24.3 Å². The van der Waals surface area contributed by atoms with E-state index in [0.717, 1.165) is 16.5 Å². The Balaban J connectivity index is 2.11. The third-order valence-corrected chi connectivity index (χ3v) is 7.08. The van der Waals surface area contributed by atoms with Gasteiger partial charge in [-0.15, -0.1) is 0 Å². The van der Waals surface area contributed by atoms with Crippen molar-refractivity contribution in [1.29, 1.82) is 0 Å². The van der Waals surface area contributed by atoms with Crippen LogP contribution in [-0.4, -0.2) is 82.3 Å². The second kappa shape index (κ2) is 16.3. The van der Waals surface area contributed by atoms with Gasteiger partial charge in [-0.05, 0) is 62.3 Å². The molecule has 0 spiro atoms. The van der Waals surface area contributed by atoms with Gasteiger partial charge in [0.25, 0.3) is 0 Å². The topological polar surface area (TPSA) is 192 Å². The van der Waals surface area contributed by atoms with Gasteiger partial charge in [-0.3, -0.25) is 14.4 Å². The summed E-state index contributed by atoms with van der Waals surface area (Å²) in [7, 11) is 0. The van der Waals surface area contributed by atoms with E-state index in [4.69, 9.17) is 11.5 Å². The average molecular weight is 567 g/mol. The predicted molar refractivity (Wildman–Crippen MR) is 153 cm³/mol. The van der Waals surface area contributed by atoms with Crippen LogP contribution in [0.4, 0.5) is 0 Å². The lowest BCUT2D eigenvalue weighted by Gasteiger charge is -2.25. The minimum Gasteiger partial charge on any atom is -0.480 e. The molecule has 0 aliphatic carbocycles. The Hall–Kier alpha value is -2.74. The number of aromatic nitrogens is 1. The molecule has 3 amide bonds. The third kappa shape index (κ3) is 9.53. The van der Waals surface area contributed by atoms with E-state index in [-0.39, 0.29) is 18.6 Å². The first-order chi connectivity index (χ1) is 18.2. The molecule has 4 atom stereocenters. The first-order valence-electron chi connectivity index (χ1n) is 12.5. The van der Waals surface area contributed by atoms with E-state index in [0.29, 0.717) is 31.6 Å². The molecule has 0 saturated carbocycles. The van der Waals surface area contributed by atoms with Crippen LogP contribution in [0.25, 0.3) is 10.9 Å². The summed E-state index contributed by atoms with van der Waals surface area (Å²) in [5.41, 5.74) is 13.6. The number of amides is 3. The summed E-state index contributed by atoms with van der Waals surface area (Å²) in [6, 6.07) is 3.67. The maximum atomic E-state index is 13.2. The Labute approximate surface area is 232 Å². The molecule has 0 bridgehead atoms. The summed E-state index contributed by atoms with van der Waals surface area (Å²) in [5, 5.41) is 18.0. The molecule has 9 N–H and O–H groups in total. The molecule has 13 heteroatoms. The molecule has 11 nitrogen and oxygen atoms in total. The van der Waals surface area contributed by atoms with Crippen LogP contribution in [0, 0.1) is 0 Å². The van der Waals surface area contributed by atoms with Gasteiger partial charge in [-0.2, -0.15) is 24.4 Å². The molecule has 1 aromatic carbocycles. The van der Waals surface area contributed by atoms with Crippen molar-refractivity contribution in [2.45, 2.75) is 56.3 Å². The zero-order valence-corrected chi connectivity index (χ0v) is 23.2. The standard InChI is InChI=1S/C25H38N6O5S2/c1-38-11-9-20(24(34)31-21(14-37)25(35)36)30-23(33)19(8-4-5-10-26)29-22(32)17(27)12-15-13-28-18-7-3-2-6-16(15)18/h2-3,6-7,13,17,19-21,28,37H,4-5,8-12,14,26-27H2,1H3,(H,29,32)(H,30,33)(H,31,34)(H,35,36). The zero-order chi connectivity index (χ0) is 28.1. The Bertz CT molecular complexity index is 1080. The summed E-state index contributed by atoms with van der Waals surface area (Å²) in [6.07, 6.45) is 5.75. The minimum atomic E-state index is -1.22. The van der Waals surface area contributed by atoms with E-state index in [1.165, 1.54) is 11.8 Å². The number of rotatable bonds is 17. The Kier molecular flexibility index (Phi) is 13.5. The maximum Gasteiger partial charge on any atom is 0.327 e. The van der Waals surface area contributed by atoms with E-state index in [9.17, 15) is 24.3 Å².